The third-order valence-electron chi connectivity index (χ3n) is 2.62. The first-order valence-corrected chi connectivity index (χ1v) is 9.01. The average molecular weight is 313 g/mol. The van der Waals surface area contributed by atoms with E-state index in [0.717, 1.165) is 5.75 Å². The molecule has 1 aromatic carbocycles. The minimum atomic E-state index is -3.46. The van der Waals surface area contributed by atoms with Gasteiger partial charge in [-0.3, -0.25) is 0 Å². The van der Waals surface area contributed by atoms with Crippen LogP contribution in [0.3, 0.4) is 0 Å². The van der Waals surface area contributed by atoms with E-state index in [0.29, 0.717) is 18.5 Å². The third-order valence-corrected chi connectivity index (χ3v) is 5.07. The normalized spacial score (nSPS) is 11.2. The molecule has 110 valence electrons. The zero-order valence-electron chi connectivity index (χ0n) is 11.7. The lowest BCUT2D eigenvalue weighted by molar-refractivity contribution is 0.305. The molecule has 0 aliphatic heterocycles. The number of thioether (sulfide) groups is 1. The second kappa shape index (κ2) is 8.32. The highest BCUT2D eigenvalue weighted by Crippen LogP contribution is 2.16. The second-order valence-electron chi connectivity index (χ2n) is 4.12. The molecule has 0 aliphatic rings. The van der Waals surface area contributed by atoms with E-state index in [1.54, 1.807) is 43.1 Å². The minimum absolute atomic E-state index is 0.00239. The fraction of sp³-hybridized carbons (Fsp3) is 0.429. The van der Waals surface area contributed by atoms with Crippen molar-refractivity contribution >= 4 is 21.8 Å². The van der Waals surface area contributed by atoms with Gasteiger partial charge in [-0.1, -0.05) is 17.9 Å². The lowest BCUT2D eigenvalue weighted by Gasteiger charge is -2.16. The fourth-order valence-electron chi connectivity index (χ4n) is 1.47. The Morgan fingerprint density at radius 2 is 2.15 bits per heavy atom. The van der Waals surface area contributed by atoms with Crippen LogP contribution >= 0.6 is 11.8 Å². The monoisotopic (exact) mass is 313 g/mol. The predicted molar refractivity (Wildman–Crippen MR) is 83.2 cm³/mol. The van der Waals surface area contributed by atoms with Gasteiger partial charge in [0, 0.05) is 31.3 Å². The number of sulfonamides is 1. The summed E-state index contributed by atoms with van der Waals surface area (Å²) >= 11 is 1.61. The molecule has 0 heterocycles. The van der Waals surface area contributed by atoms with Crippen molar-refractivity contribution in [3.8, 4) is 11.8 Å². The molecule has 0 fully saturated rings. The van der Waals surface area contributed by atoms with Crippen molar-refractivity contribution < 1.29 is 13.5 Å². The number of aliphatic hydroxyl groups is 1. The third kappa shape index (κ3) is 4.84. The predicted octanol–water partition coefficient (Wildman–Crippen LogP) is 1.40. The smallest absolute Gasteiger partial charge is 0.242 e. The van der Waals surface area contributed by atoms with Gasteiger partial charge in [0.05, 0.1) is 11.5 Å². The van der Waals surface area contributed by atoms with Crippen molar-refractivity contribution in [1.82, 2.24) is 4.31 Å². The molecule has 0 spiro atoms. The number of nitrogens with zero attached hydrogens (tertiary/aromatic N) is 1. The van der Waals surface area contributed by atoms with Gasteiger partial charge in [0.15, 0.2) is 0 Å². The van der Waals surface area contributed by atoms with Gasteiger partial charge in [-0.15, -0.1) is 0 Å². The Kier molecular flexibility index (Phi) is 7.10. The maximum absolute atomic E-state index is 12.3. The van der Waals surface area contributed by atoms with E-state index in [1.165, 1.54) is 4.31 Å². The SMILES string of the molecule is CSCCN(C)S(=O)(=O)c1cccc(C#CCCO)c1. The molecule has 1 aromatic rings. The largest absolute Gasteiger partial charge is 0.395 e. The van der Waals surface area contributed by atoms with Crippen LogP contribution in [-0.4, -0.2) is 50.0 Å². The number of hydrogen-bond donors (Lipinski definition) is 1. The maximum Gasteiger partial charge on any atom is 0.242 e. The molecule has 0 bridgehead atoms. The van der Waals surface area contributed by atoms with Crippen molar-refractivity contribution in [2.75, 3.05) is 32.2 Å². The van der Waals surface area contributed by atoms with E-state index in [2.05, 4.69) is 11.8 Å². The highest BCUT2D eigenvalue weighted by atomic mass is 32.2. The van der Waals surface area contributed by atoms with Crippen molar-refractivity contribution in [2.45, 2.75) is 11.3 Å². The first-order valence-electron chi connectivity index (χ1n) is 6.17. The van der Waals surface area contributed by atoms with E-state index in [-0.39, 0.29) is 11.5 Å². The Labute approximate surface area is 125 Å². The highest BCUT2D eigenvalue weighted by Gasteiger charge is 2.20. The molecule has 0 atom stereocenters. The Morgan fingerprint density at radius 3 is 2.80 bits per heavy atom. The minimum Gasteiger partial charge on any atom is -0.395 e. The standard InChI is InChI=1S/C14H19NO3S2/c1-15(9-11-19-2)20(17,18)14-8-5-7-13(12-14)6-3-4-10-16/h5,7-8,12,16H,4,9-11H2,1-2H3. The van der Waals surface area contributed by atoms with Gasteiger partial charge in [-0.05, 0) is 24.5 Å². The summed E-state index contributed by atoms with van der Waals surface area (Å²) in [6.07, 6.45) is 2.32. The summed E-state index contributed by atoms with van der Waals surface area (Å²) in [5.74, 6) is 6.38. The summed E-state index contributed by atoms with van der Waals surface area (Å²) in [6.45, 7) is 0.479. The molecule has 0 amide bonds. The summed E-state index contributed by atoms with van der Waals surface area (Å²) in [5.41, 5.74) is 0.637. The van der Waals surface area contributed by atoms with E-state index >= 15 is 0 Å². The first-order chi connectivity index (χ1) is 9.52. The summed E-state index contributed by atoms with van der Waals surface area (Å²) < 4.78 is 26.0. The first kappa shape index (κ1) is 17.1. The van der Waals surface area contributed by atoms with Crippen molar-refractivity contribution in [3.05, 3.63) is 29.8 Å². The van der Waals surface area contributed by atoms with Gasteiger partial charge in [0.2, 0.25) is 10.0 Å². The van der Waals surface area contributed by atoms with E-state index < -0.39 is 10.0 Å². The van der Waals surface area contributed by atoms with Crippen LogP contribution in [0.25, 0.3) is 0 Å². The topological polar surface area (TPSA) is 57.6 Å². The lowest BCUT2D eigenvalue weighted by atomic mass is 10.2. The summed E-state index contributed by atoms with van der Waals surface area (Å²) in [6, 6.07) is 6.57. The Balaban J connectivity index is 2.96. The quantitative estimate of drug-likeness (QED) is 0.807. The Bertz CT molecular complexity index is 588. The molecule has 6 heteroatoms. The molecule has 0 radical (unpaired) electrons. The van der Waals surface area contributed by atoms with Crippen LogP contribution in [-0.2, 0) is 10.0 Å². The zero-order chi connectivity index (χ0) is 15.0. The van der Waals surface area contributed by atoms with Crippen LogP contribution in [0.1, 0.15) is 12.0 Å². The summed E-state index contributed by atoms with van der Waals surface area (Å²) in [7, 11) is -1.88. The van der Waals surface area contributed by atoms with Gasteiger partial charge >= 0.3 is 0 Å². The molecule has 0 unspecified atom stereocenters. The number of hydrogen-bond acceptors (Lipinski definition) is 4. The second-order valence-corrected chi connectivity index (χ2v) is 7.15. The van der Waals surface area contributed by atoms with Gasteiger partial charge < -0.3 is 5.11 Å². The van der Waals surface area contributed by atoms with Gasteiger partial charge in [-0.2, -0.15) is 11.8 Å². The van der Waals surface area contributed by atoms with Crippen molar-refractivity contribution in [1.29, 1.82) is 0 Å². The van der Waals surface area contributed by atoms with Gasteiger partial charge in [0.1, 0.15) is 0 Å². The molecular formula is C14H19NO3S2. The molecule has 20 heavy (non-hydrogen) atoms. The average Bonchev–Trinajstić information content (AvgIpc) is 2.45. The van der Waals surface area contributed by atoms with Gasteiger partial charge in [-0.25, -0.2) is 12.7 Å². The zero-order valence-corrected chi connectivity index (χ0v) is 13.3. The van der Waals surface area contributed by atoms with Crippen LogP contribution in [0.4, 0.5) is 0 Å². The molecule has 1 rings (SSSR count). The maximum atomic E-state index is 12.3. The molecule has 0 saturated carbocycles. The lowest BCUT2D eigenvalue weighted by Crippen LogP contribution is -2.29. The van der Waals surface area contributed by atoms with Gasteiger partial charge in [0.25, 0.3) is 0 Å². The van der Waals surface area contributed by atoms with Crippen LogP contribution in [0.2, 0.25) is 0 Å². The Morgan fingerprint density at radius 1 is 1.40 bits per heavy atom. The Hall–Kier alpha value is -1.00. The summed E-state index contributed by atoms with van der Waals surface area (Å²) in [4.78, 5) is 0.247. The molecule has 0 aliphatic carbocycles. The molecule has 1 N–H and O–H groups in total. The molecular weight excluding hydrogens is 294 g/mol. The molecule has 0 saturated heterocycles. The van der Waals surface area contributed by atoms with Crippen molar-refractivity contribution in [3.63, 3.8) is 0 Å². The van der Waals surface area contributed by atoms with E-state index in [1.807, 2.05) is 6.26 Å². The van der Waals surface area contributed by atoms with E-state index in [4.69, 9.17) is 5.11 Å². The van der Waals surface area contributed by atoms with Crippen molar-refractivity contribution in [2.24, 2.45) is 0 Å². The fourth-order valence-corrected chi connectivity index (χ4v) is 3.26. The number of benzene rings is 1. The van der Waals surface area contributed by atoms with Crippen LogP contribution in [0, 0.1) is 11.8 Å². The number of aliphatic hydroxyl groups excluding tert-OH is 1. The van der Waals surface area contributed by atoms with Crippen LogP contribution in [0.15, 0.2) is 29.2 Å². The van der Waals surface area contributed by atoms with Crippen LogP contribution < -0.4 is 0 Å². The molecule has 0 aromatic heterocycles. The van der Waals surface area contributed by atoms with Crippen LogP contribution in [0.5, 0.6) is 0 Å². The highest BCUT2D eigenvalue weighted by molar-refractivity contribution is 7.98. The van der Waals surface area contributed by atoms with E-state index in [9.17, 15) is 8.42 Å². The number of rotatable bonds is 6. The summed E-state index contributed by atoms with van der Waals surface area (Å²) in [5, 5.41) is 8.68. The molecule has 4 nitrogen and oxygen atoms in total.